The van der Waals surface area contributed by atoms with Gasteiger partial charge in [0.25, 0.3) is 0 Å². The first-order chi connectivity index (χ1) is 11.1. The molecule has 0 spiro atoms. The summed E-state index contributed by atoms with van der Waals surface area (Å²) in [7, 11) is 0. The smallest absolute Gasteiger partial charge is 0.407 e. The van der Waals surface area contributed by atoms with Crippen molar-refractivity contribution in [2.75, 3.05) is 6.61 Å². The molecule has 1 amide bonds. The van der Waals surface area contributed by atoms with Crippen LogP contribution >= 0.6 is 0 Å². The maximum absolute atomic E-state index is 12.3. The van der Waals surface area contributed by atoms with Crippen LogP contribution in [-0.4, -0.2) is 24.3 Å². The molecule has 0 saturated heterocycles. The molecule has 5 aliphatic carbocycles. The molecule has 0 aromatic heterocycles. The highest BCUT2D eigenvalue weighted by molar-refractivity contribution is 5.68. The standard InChI is InChI=1S/C19H32N2O2/c20-17-4-2-1-3-16(17)5-6-23-18(22)21-19-10-13-7-14(11-19)9-15(8-13)12-19/h13-17H,1-12,20H2,(H,21,22). The Bertz CT molecular complexity index is 415. The van der Waals surface area contributed by atoms with Gasteiger partial charge < -0.3 is 15.8 Å². The van der Waals surface area contributed by atoms with E-state index in [1.54, 1.807) is 0 Å². The number of nitrogens with one attached hydrogen (secondary N) is 1. The van der Waals surface area contributed by atoms with Crippen molar-refractivity contribution < 1.29 is 9.53 Å². The van der Waals surface area contributed by atoms with Crippen LogP contribution in [0.25, 0.3) is 0 Å². The van der Waals surface area contributed by atoms with Crippen LogP contribution in [0.15, 0.2) is 0 Å². The first-order valence-electron chi connectivity index (χ1n) is 9.82. The lowest BCUT2D eigenvalue weighted by Crippen LogP contribution is -2.59. The van der Waals surface area contributed by atoms with Crippen molar-refractivity contribution in [3.8, 4) is 0 Å². The summed E-state index contributed by atoms with van der Waals surface area (Å²) in [6, 6.07) is 0.304. The Morgan fingerprint density at radius 2 is 1.65 bits per heavy atom. The number of hydrogen-bond donors (Lipinski definition) is 2. The normalized spacial score (nSPS) is 45.0. The minimum Gasteiger partial charge on any atom is -0.450 e. The summed E-state index contributed by atoms with van der Waals surface area (Å²) in [5.74, 6) is 3.08. The van der Waals surface area contributed by atoms with E-state index in [0.717, 1.165) is 30.6 Å². The van der Waals surface area contributed by atoms with Gasteiger partial charge in [-0.05, 0) is 81.5 Å². The average molecular weight is 320 g/mol. The maximum Gasteiger partial charge on any atom is 0.407 e. The minimum absolute atomic E-state index is 0.0626. The van der Waals surface area contributed by atoms with E-state index < -0.39 is 0 Å². The van der Waals surface area contributed by atoms with Gasteiger partial charge in [-0.25, -0.2) is 4.79 Å². The van der Waals surface area contributed by atoms with Crippen LogP contribution < -0.4 is 11.1 Å². The monoisotopic (exact) mass is 320 g/mol. The number of nitrogens with two attached hydrogens (primary N) is 1. The molecule has 0 aromatic carbocycles. The molecule has 4 heteroatoms. The molecular formula is C19H32N2O2. The van der Waals surface area contributed by atoms with Crippen molar-refractivity contribution in [3.63, 3.8) is 0 Å². The summed E-state index contributed by atoms with van der Waals surface area (Å²) in [6.07, 6.45) is 13.3. The first kappa shape index (κ1) is 15.7. The van der Waals surface area contributed by atoms with Gasteiger partial charge in [-0.3, -0.25) is 0 Å². The molecule has 0 radical (unpaired) electrons. The molecule has 0 aliphatic heterocycles. The Hall–Kier alpha value is -0.770. The lowest BCUT2D eigenvalue weighted by atomic mass is 9.53. The second kappa shape index (κ2) is 6.27. The fourth-order valence-electron chi connectivity index (χ4n) is 6.41. The fourth-order valence-corrected chi connectivity index (χ4v) is 6.41. The van der Waals surface area contributed by atoms with Crippen LogP contribution in [-0.2, 0) is 4.74 Å². The van der Waals surface area contributed by atoms with Crippen LogP contribution in [0.1, 0.15) is 70.6 Å². The van der Waals surface area contributed by atoms with Crippen LogP contribution in [0.5, 0.6) is 0 Å². The lowest BCUT2D eigenvalue weighted by Gasteiger charge is -2.56. The highest BCUT2D eigenvalue weighted by Crippen LogP contribution is 2.55. The highest BCUT2D eigenvalue weighted by Gasteiger charge is 2.51. The summed E-state index contributed by atoms with van der Waals surface area (Å²) in [5, 5.41) is 3.28. The zero-order valence-corrected chi connectivity index (χ0v) is 14.3. The third-order valence-corrected chi connectivity index (χ3v) is 7.10. The van der Waals surface area contributed by atoms with E-state index in [0.29, 0.717) is 18.6 Å². The fraction of sp³-hybridized carbons (Fsp3) is 0.947. The third-order valence-electron chi connectivity index (χ3n) is 7.10. The third kappa shape index (κ3) is 3.38. The highest BCUT2D eigenvalue weighted by atomic mass is 16.5. The second-order valence-corrected chi connectivity index (χ2v) is 8.96. The molecule has 5 rings (SSSR count). The van der Waals surface area contributed by atoms with Crippen molar-refractivity contribution in [2.24, 2.45) is 29.4 Å². The van der Waals surface area contributed by atoms with Gasteiger partial charge in [0.15, 0.2) is 0 Å². The molecule has 2 atom stereocenters. The first-order valence-corrected chi connectivity index (χ1v) is 9.82. The van der Waals surface area contributed by atoms with Crippen molar-refractivity contribution in [1.29, 1.82) is 0 Å². The molecule has 0 heterocycles. The maximum atomic E-state index is 12.3. The SMILES string of the molecule is NC1CCCCC1CCOC(=O)NC12CC3CC(CC(C3)C1)C2. The van der Waals surface area contributed by atoms with Gasteiger partial charge in [0, 0.05) is 11.6 Å². The van der Waals surface area contributed by atoms with E-state index in [2.05, 4.69) is 5.32 Å². The van der Waals surface area contributed by atoms with Gasteiger partial charge in [-0.2, -0.15) is 0 Å². The largest absolute Gasteiger partial charge is 0.450 e. The predicted molar refractivity (Wildman–Crippen MR) is 89.9 cm³/mol. The van der Waals surface area contributed by atoms with Crippen molar-refractivity contribution >= 4 is 6.09 Å². The molecule has 3 N–H and O–H groups in total. The van der Waals surface area contributed by atoms with Gasteiger partial charge in [-0.15, -0.1) is 0 Å². The molecule has 4 bridgehead atoms. The van der Waals surface area contributed by atoms with E-state index in [-0.39, 0.29) is 11.6 Å². The second-order valence-electron chi connectivity index (χ2n) is 8.96. The zero-order valence-electron chi connectivity index (χ0n) is 14.3. The molecule has 0 aromatic rings. The topological polar surface area (TPSA) is 64.3 Å². The molecular weight excluding hydrogens is 288 g/mol. The Morgan fingerprint density at radius 1 is 1.04 bits per heavy atom. The number of alkyl carbamates (subject to hydrolysis) is 1. The minimum atomic E-state index is -0.184. The molecule has 5 saturated carbocycles. The number of ether oxygens (including phenoxy) is 1. The quantitative estimate of drug-likeness (QED) is 0.832. The Morgan fingerprint density at radius 3 is 2.26 bits per heavy atom. The van der Waals surface area contributed by atoms with Crippen LogP contribution in [0, 0.1) is 23.7 Å². The van der Waals surface area contributed by atoms with Crippen molar-refractivity contribution in [3.05, 3.63) is 0 Å². The van der Waals surface area contributed by atoms with E-state index in [1.165, 1.54) is 57.8 Å². The Kier molecular flexibility index (Phi) is 4.29. The number of rotatable bonds is 4. The van der Waals surface area contributed by atoms with Crippen LogP contribution in [0.2, 0.25) is 0 Å². The number of carbonyl (C=O) groups excluding carboxylic acids is 1. The lowest BCUT2D eigenvalue weighted by molar-refractivity contribution is -0.0194. The average Bonchev–Trinajstić information content (AvgIpc) is 2.47. The molecule has 23 heavy (non-hydrogen) atoms. The molecule has 2 unspecified atom stereocenters. The summed E-state index contributed by atoms with van der Waals surface area (Å²) in [4.78, 5) is 12.3. The van der Waals surface area contributed by atoms with Crippen LogP contribution in [0.4, 0.5) is 4.79 Å². The van der Waals surface area contributed by atoms with Gasteiger partial charge >= 0.3 is 6.09 Å². The number of carbonyl (C=O) groups is 1. The summed E-state index contributed by atoms with van der Waals surface area (Å²) < 4.78 is 5.53. The van der Waals surface area contributed by atoms with Crippen LogP contribution in [0.3, 0.4) is 0 Å². The van der Waals surface area contributed by atoms with E-state index >= 15 is 0 Å². The Balaban J connectivity index is 1.24. The molecule has 4 nitrogen and oxygen atoms in total. The van der Waals surface area contributed by atoms with Crippen molar-refractivity contribution in [1.82, 2.24) is 5.32 Å². The summed E-state index contributed by atoms with van der Waals surface area (Å²) >= 11 is 0. The van der Waals surface area contributed by atoms with E-state index in [4.69, 9.17) is 10.5 Å². The van der Waals surface area contributed by atoms with Gasteiger partial charge in [-0.1, -0.05) is 12.8 Å². The molecule has 5 fully saturated rings. The van der Waals surface area contributed by atoms with E-state index in [1.807, 2.05) is 0 Å². The van der Waals surface area contributed by atoms with Gasteiger partial charge in [0.2, 0.25) is 0 Å². The molecule has 130 valence electrons. The van der Waals surface area contributed by atoms with Crippen molar-refractivity contribution in [2.45, 2.75) is 82.2 Å². The predicted octanol–water partition coefficient (Wildman–Crippen LogP) is 3.59. The van der Waals surface area contributed by atoms with E-state index in [9.17, 15) is 4.79 Å². The number of amides is 1. The Labute approximate surface area is 139 Å². The van der Waals surface area contributed by atoms with Gasteiger partial charge in [0.1, 0.15) is 0 Å². The zero-order chi connectivity index (χ0) is 15.9. The molecule has 5 aliphatic rings. The summed E-state index contributed by atoms with van der Waals surface area (Å²) in [5.41, 5.74) is 6.24. The number of hydrogen-bond acceptors (Lipinski definition) is 3. The van der Waals surface area contributed by atoms with Gasteiger partial charge in [0.05, 0.1) is 6.61 Å². The summed E-state index contributed by atoms with van der Waals surface area (Å²) in [6.45, 7) is 0.524.